The highest BCUT2D eigenvalue weighted by Gasteiger charge is 2.29. The Labute approximate surface area is 263 Å². The second-order valence-corrected chi connectivity index (χ2v) is 12.4. The van der Waals surface area contributed by atoms with Crippen LogP contribution in [0.5, 0.6) is 0 Å². The van der Waals surface area contributed by atoms with Crippen LogP contribution < -0.4 is 5.73 Å². The number of hydrogen-bond acceptors (Lipinski definition) is 6. The molecule has 240 valence electrons. The molecule has 11 heteroatoms. The van der Waals surface area contributed by atoms with Gasteiger partial charge in [-0.3, -0.25) is 24.1 Å². The molecule has 0 unspecified atom stereocenters. The van der Waals surface area contributed by atoms with E-state index in [0.717, 1.165) is 12.8 Å². The molecule has 0 bridgehead atoms. The van der Waals surface area contributed by atoms with Crippen LogP contribution in [-0.2, 0) is 16.0 Å². The summed E-state index contributed by atoms with van der Waals surface area (Å²) in [6, 6.07) is 10.8. The van der Waals surface area contributed by atoms with Crippen molar-refractivity contribution in [3.63, 3.8) is 0 Å². The minimum Gasteiger partial charge on any atom is -0.366 e. The standard InChI is InChI=1S/C34H43FN6O4/c35-29-11-10-25(21-30(36)26-8-4-5-9-27(26)33(37)44)20-28(29)34(45)41-18-16-40(17-19-41)32(43)23-38-12-14-39(15-13-38)31(42)22-24-6-2-1-3-7-24/h4-5,8-11,20,24,36H,1-3,6-7,12-19,21-23H2,(H2,37,44). The number of rotatable bonds is 9. The van der Waals surface area contributed by atoms with Crippen molar-refractivity contribution in [3.05, 3.63) is 70.5 Å². The predicted octanol–water partition coefficient (Wildman–Crippen LogP) is 2.93. The molecule has 2 aromatic carbocycles. The van der Waals surface area contributed by atoms with Gasteiger partial charge in [0, 0.05) is 82.0 Å². The van der Waals surface area contributed by atoms with Gasteiger partial charge in [0.2, 0.25) is 17.7 Å². The van der Waals surface area contributed by atoms with Gasteiger partial charge in [-0.1, -0.05) is 43.5 Å². The third kappa shape index (κ3) is 8.13. The molecule has 0 atom stereocenters. The number of carbonyl (C=O) groups excluding carboxylic acids is 4. The van der Waals surface area contributed by atoms with Crippen molar-refractivity contribution in [1.29, 1.82) is 5.41 Å². The van der Waals surface area contributed by atoms with Crippen LogP contribution in [0.1, 0.15) is 70.4 Å². The van der Waals surface area contributed by atoms with Crippen LogP contribution in [0, 0.1) is 17.1 Å². The van der Waals surface area contributed by atoms with Crippen LogP contribution in [0.3, 0.4) is 0 Å². The molecule has 45 heavy (non-hydrogen) atoms. The van der Waals surface area contributed by atoms with Crippen LogP contribution in [-0.4, -0.2) is 108 Å². The zero-order valence-corrected chi connectivity index (χ0v) is 25.8. The summed E-state index contributed by atoms with van der Waals surface area (Å²) in [5, 5.41) is 8.50. The number of nitrogens with one attached hydrogen (secondary N) is 1. The second-order valence-electron chi connectivity index (χ2n) is 12.4. The lowest BCUT2D eigenvalue weighted by atomic mass is 9.86. The maximum atomic E-state index is 14.8. The van der Waals surface area contributed by atoms with Crippen molar-refractivity contribution in [3.8, 4) is 0 Å². The van der Waals surface area contributed by atoms with E-state index in [1.165, 1.54) is 37.5 Å². The molecule has 2 aliphatic heterocycles. The van der Waals surface area contributed by atoms with E-state index in [9.17, 15) is 23.6 Å². The van der Waals surface area contributed by atoms with E-state index in [0.29, 0.717) is 75.8 Å². The van der Waals surface area contributed by atoms with Crippen LogP contribution in [0.15, 0.2) is 42.5 Å². The van der Waals surface area contributed by atoms with Gasteiger partial charge in [-0.05, 0) is 42.5 Å². The van der Waals surface area contributed by atoms with Crippen molar-refractivity contribution >= 4 is 29.3 Å². The smallest absolute Gasteiger partial charge is 0.256 e. The van der Waals surface area contributed by atoms with Crippen LogP contribution in [0.25, 0.3) is 0 Å². The van der Waals surface area contributed by atoms with Crippen LogP contribution in [0.4, 0.5) is 4.39 Å². The molecule has 0 spiro atoms. The molecule has 1 saturated carbocycles. The van der Waals surface area contributed by atoms with Crippen molar-refractivity contribution < 1.29 is 23.6 Å². The third-order valence-electron chi connectivity index (χ3n) is 9.35. The SMILES string of the molecule is N=C(Cc1ccc(F)c(C(=O)N2CCN(C(=O)CN3CCN(C(=O)CC4CCCCC4)CC3)CC2)c1)c1ccccc1C(N)=O. The molecule has 2 heterocycles. The van der Waals surface area contributed by atoms with E-state index in [1.54, 1.807) is 34.1 Å². The van der Waals surface area contributed by atoms with Crippen molar-refractivity contribution in [2.24, 2.45) is 11.7 Å². The van der Waals surface area contributed by atoms with E-state index in [1.807, 2.05) is 4.90 Å². The minimum absolute atomic E-state index is 0.00739. The topological polar surface area (TPSA) is 131 Å². The first-order valence-corrected chi connectivity index (χ1v) is 16.0. The molecule has 0 aromatic heterocycles. The number of benzene rings is 2. The molecule has 0 radical (unpaired) electrons. The first kappa shape index (κ1) is 32.3. The summed E-state index contributed by atoms with van der Waals surface area (Å²) in [6.45, 7) is 4.20. The number of carbonyl (C=O) groups is 4. The van der Waals surface area contributed by atoms with E-state index >= 15 is 0 Å². The number of piperazine rings is 2. The number of hydrogen-bond donors (Lipinski definition) is 2. The van der Waals surface area contributed by atoms with E-state index in [4.69, 9.17) is 11.1 Å². The van der Waals surface area contributed by atoms with Gasteiger partial charge in [-0.2, -0.15) is 0 Å². The van der Waals surface area contributed by atoms with E-state index in [-0.39, 0.29) is 41.6 Å². The summed E-state index contributed by atoms with van der Waals surface area (Å²) in [6.07, 6.45) is 6.77. The molecule has 10 nitrogen and oxygen atoms in total. The van der Waals surface area contributed by atoms with Crippen molar-refractivity contribution in [1.82, 2.24) is 19.6 Å². The first-order chi connectivity index (χ1) is 21.7. The van der Waals surface area contributed by atoms with Gasteiger partial charge < -0.3 is 25.8 Å². The highest BCUT2D eigenvalue weighted by Crippen LogP contribution is 2.27. The molecule has 4 amide bonds. The Morgan fingerprint density at radius 3 is 2.02 bits per heavy atom. The average Bonchev–Trinajstić information content (AvgIpc) is 3.06. The van der Waals surface area contributed by atoms with E-state index in [2.05, 4.69) is 4.90 Å². The van der Waals surface area contributed by atoms with E-state index < -0.39 is 17.6 Å². The maximum absolute atomic E-state index is 14.8. The zero-order chi connectivity index (χ0) is 31.9. The summed E-state index contributed by atoms with van der Waals surface area (Å²) < 4.78 is 14.8. The summed E-state index contributed by atoms with van der Waals surface area (Å²) in [5.41, 5.74) is 6.69. The average molecular weight is 619 g/mol. The number of primary amides is 1. The molecule has 2 aromatic rings. The Bertz CT molecular complexity index is 1430. The molecule has 3 aliphatic rings. The summed E-state index contributed by atoms with van der Waals surface area (Å²) in [7, 11) is 0. The number of halogens is 1. The number of amides is 4. The molecule has 1 aliphatic carbocycles. The molecule has 5 rings (SSSR count). The quantitative estimate of drug-likeness (QED) is 0.418. The Balaban J connectivity index is 1.09. The Morgan fingerprint density at radius 1 is 0.756 bits per heavy atom. The molecular weight excluding hydrogens is 575 g/mol. The fraction of sp³-hybridized carbons (Fsp3) is 0.500. The lowest BCUT2D eigenvalue weighted by molar-refractivity contribution is -0.136. The van der Waals surface area contributed by atoms with Gasteiger partial charge in [0.15, 0.2) is 0 Å². The lowest BCUT2D eigenvalue weighted by Gasteiger charge is -2.38. The fourth-order valence-electron chi connectivity index (χ4n) is 6.65. The summed E-state index contributed by atoms with van der Waals surface area (Å²) in [5.74, 6) is -0.997. The molecule has 2 saturated heterocycles. The lowest BCUT2D eigenvalue weighted by Crippen LogP contribution is -2.55. The third-order valence-corrected chi connectivity index (χ3v) is 9.35. The first-order valence-electron chi connectivity index (χ1n) is 16.0. The van der Waals surface area contributed by atoms with Gasteiger partial charge in [-0.15, -0.1) is 0 Å². The Kier molecular flexibility index (Phi) is 10.6. The molecule has 3 fully saturated rings. The normalized spacial score (nSPS) is 18.1. The van der Waals surface area contributed by atoms with Crippen molar-refractivity contribution in [2.45, 2.75) is 44.9 Å². The number of nitrogens with two attached hydrogens (primary N) is 1. The molecular formula is C34H43FN6O4. The minimum atomic E-state index is -0.650. The van der Waals surface area contributed by atoms with Gasteiger partial charge in [0.25, 0.3) is 5.91 Å². The van der Waals surface area contributed by atoms with Crippen LogP contribution >= 0.6 is 0 Å². The van der Waals surface area contributed by atoms with Gasteiger partial charge in [0.05, 0.1) is 12.1 Å². The highest BCUT2D eigenvalue weighted by molar-refractivity contribution is 6.09. The second kappa shape index (κ2) is 14.8. The largest absolute Gasteiger partial charge is 0.366 e. The summed E-state index contributed by atoms with van der Waals surface area (Å²) in [4.78, 5) is 58.2. The Hall–Kier alpha value is -4.12. The van der Waals surface area contributed by atoms with Crippen LogP contribution in [0.2, 0.25) is 0 Å². The summed E-state index contributed by atoms with van der Waals surface area (Å²) >= 11 is 0. The predicted molar refractivity (Wildman–Crippen MR) is 169 cm³/mol. The number of nitrogens with zero attached hydrogens (tertiary/aromatic N) is 4. The van der Waals surface area contributed by atoms with Crippen molar-refractivity contribution in [2.75, 3.05) is 58.9 Å². The van der Waals surface area contributed by atoms with Gasteiger partial charge >= 0.3 is 0 Å². The monoisotopic (exact) mass is 618 g/mol. The zero-order valence-electron chi connectivity index (χ0n) is 25.8. The molecule has 3 N–H and O–H groups in total. The van der Waals surface area contributed by atoms with Gasteiger partial charge in [-0.25, -0.2) is 4.39 Å². The highest BCUT2D eigenvalue weighted by atomic mass is 19.1. The fourth-order valence-corrected chi connectivity index (χ4v) is 6.65. The van der Waals surface area contributed by atoms with Gasteiger partial charge in [0.1, 0.15) is 5.82 Å². The maximum Gasteiger partial charge on any atom is 0.256 e. The Morgan fingerprint density at radius 2 is 1.36 bits per heavy atom.